The van der Waals surface area contributed by atoms with Crippen LogP contribution in [-0.2, 0) is 11.3 Å². The Balaban J connectivity index is 0.000000437. The maximum absolute atomic E-state index is 8.36. The van der Waals surface area contributed by atoms with E-state index in [1.54, 1.807) is 0 Å². The Labute approximate surface area is 103 Å². The van der Waals surface area contributed by atoms with Crippen LogP contribution < -0.4 is 5.32 Å². The molecule has 2 rings (SSSR count). The zero-order valence-corrected chi connectivity index (χ0v) is 10.3. The number of carboxylic acid groups (broad SMARTS) is 1. The van der Waals surface area contributed by atoms with Crippen molar-refractivity contribution in [2.24, 2.45) is 5.92 Å². The molecule has 0 unspecified atom stereocenters. The van der Waals surface area contributed by atoms with E-state index in [4.69, 9.17) is 9.90 Å². The van der Waals surface area contributed by atoms with E-state index in [1.165, 1.54) is 24.8 Å². The van der Waals surface area contributed by atoms with Crippen molar-refractivity contribution in [3.8, 4) is 0 Å². The second-order valence-corrected chi connectivity index (χ2v) is 4.41. The quantitative estimate of drug-likeness (QED) is 0.789. The molecule has 0 spiro atoms. The summed E-state index contributed by atoms with van der Waals surface area (Å²) in [5.74, 6) is 0.989. The minimum absolute atomic E-state index is 0.250. The average molecular weight is 235 g/mol. The van der Waals surface area contributed by atoms with Crippen LogP contribution in [0.15, 0.2) is 30.3 Å². The molecule has 0 aliphatic heterocycles. The van der Waals surface area contributed by atoms with E-state index < -0.39 is 0 Å². The van der Waals surface area contributed by atoms with E-state index in [-0.39, 0.29) is 6.47 Å². The summed E-state index contributed by atoms with van der Waals surface area (Å²) < 4.78 is 0. The van der Waals surface area contributed by atoms with Gasteiger partial charge in [-0.1, -0.05) is 43.7 Å². The molecule has 0 heterocycles. The Kier molecular flexibility index (Phi) is 6.33. The zero-order chi connectivity index (χ0) is 12.5. The predicted octanol–water partition coefficient (Wildman–Crippen LogP) is 2.67. The molecule has 3 nitrogen and oxygen atoms in total. The number of hydrogen-bond donors (Lipinski definition) is 2. The summed E-state index contributed by atoms with van der Waals surface area (Å²) in [6, 6.07) is 11.4. The average Bonchev–Trinajstić information content (AvgIpc) is 2.30. The van der Waals surface area contributed by atoms with Gasteiger partial charge in [0, 0.05) is 12.6 Å². The summed E-state index contributed by atoms with van der Waals surface area (Å²) in [6.07, 6.45) is 4.11. The van der Waals surface area contributed by atoms with Crippen molar-refractivity contribution in [3.63, 3.8) is 0 Å². The number of nitrogens with one attached hydrogen (secondary N) is 1. The molecule has 1 saturated carbocycles. The van der Waals surface area contributed by atoms with Gasteiger partial charge in [0.15, 0.2) is 0 Å². The first kappa shape index (κ1) is 13.7. The molecule has 1 aromatic carbocycles. The van der Waals surface area contributed by atoms with Crippen molar-refractivity contribution in [1.82, 2.24) is 5.32 Å². The molecular weight excluding hydrogens is 214 g/mol. The third-order valence-electron chi connectivity index (χ3n) is 3.25. The Bertz CT molecular complexity index is 307. The first-order chi connectivity index (χ1) is 8.30. The van der Waals surface area contributed by atoms with Gasteiger partial charge in [0.1, 0.15) is 0 Å². The minimum Gasteiger partial charge on any atom is -0.483 e. The van der Waals surface area contributed by atoms with Crippen molar-refractivity contribution in [2.45, 2.75) is 38.8 Å². The first-order valence-electron chi connectivity index (χ1n) is 6.15. The van der Waals surface area contributed by atoms with Crippen LogP contribution in [0.2, 0.25) is 0 Å². The summed E-state index contributed by atoms with van der Waals surface area (Å²) in [5.41, 5.74) is 1.40. The molecule has 1 fully saturated rings. The second kappa shape index (κ2) is 7.85. The first-order valence-corrected chi connectivity index (χ1v) is 6.15. The lowest BCUT2D eigenvalue weighted by molar-refractivity contribution is -0.122. The third kappa shape index (κ3) is 5.00. The van der Waals surface area contributed by atoms with Gasteiger partial charge in [-0.05, 0) is 24.3 Å². The third-order valence-corrected chi connectivity index (χ3v) is 3.25. The summed E-state index contributed by atoms with van der Waals surface area (Å²) in [7, 11) is 0. The fourth-order valence-corrected chi connectivity index (χ4v) is 2.09. The molecule has 2 N–H and O–H groups in total. The lowest BCUT2D eigenvalue weighted by Crippen LogP contribution is -2.40. The van der Waals surface area contributed by atoms with E-state index >= 15 is 0 Å². The summed E-state index contributed by atoms with van der Waals surface area (Å²) in [4.78, 5) is 8.36. The summed E-state index contributed by atoms with van der Waals surface area (Å²) in [6.45, 7) is 3.07. The Hall–Kier alpha value is -1.35. The Morgan fingerprint density at radius 1 is 1.35 bits per heavy atom. The lowest BCUT2D eigenvalue weighted by Gasteiger charge is -2.35. The molecule has 0 radical (unpaired) electrons. The van der Waals surface area contributed by atoms with E-state index in [2.05, 4.69) is 42.6 Å². The molecule has 0 aromatic heterocycles. The maximum Gasteiger partial charge on any atom is 0.290 e. The Morgan fingerprint density at radius 2 is 1.94 bits per heavy atom. The Morgan fingerprint density at radius 3 is 2.47 bits per heavy atom. The number of rotatable bonds is 4. The van der Waals surface area contributed by atoms with Crippen LogP contribution in [0, 0.1) is 5.92 Å². The van der Waals surface area contributed by atoms with Gasteiger partial charge in [0.25, 0.3) is 6.47 Å². The van der Waals surface area contributed by atoms with Gasteiger partial charge in [-0.2, -0.15) is 0 Å². The van der Waals surface area contributed by atoms with Crippen LogP contribution in [0.4, 0.5) is 0 Å². The van der Waals surface area contributed by atoms with E-state index in [1.807, 2.05) is 0 Å². The minimum atomic E-state index is -0.250. The highest BCUT2D eigenvalue weighted by Gasteiger charge is 2.26. The largest absolute Gasteiger partial charge is 0.483 e. The van der Waals surface area contributed by atoms with Crippen LogP contribution in [-0.4, -0.2) is 17.6 Å². The van der Waals surface area contributed by atoms with Crippen molar-refractivity contribution < 1.29 is 9.90 Å². The van der Waals surface area contributed by atoms with Crippen LogP contribution in [0.25, 0.3) is 0 Å². The highest BCUT2D eigenvalue weighted by atomic mass is 16.3. The van der Waals surface area contributed by atoms with Gasteiger partial charge in [-0.3, -0.25) is 4.79 Å². The normalized spacial score (nSPS) is 21.9. The van der Waals surface area contributed by atoms with Gasteiger partial charge in [0.2, 0.25) is 0 Å². The van der Waals surface area contributed by atoms with E-state index in [0.717, 1.165) is 18.5 Å². The lowest BCUT2D eigenvalue weighted by atomic mass is 9.78. The van der Waals surface area contributed by atoms with Gasteiger partial charge in [-0.25, -0.2) is 0 Å². The molecule has 0 amide bonds. The molecular formula is C14H21NO2. The van der Waals surface area contributed by atoms with Crippen molar-refractivity contribution in [3.05, 3.63) is 35.9 Å². The fraction of sp³-hybridized carbons (Fsp3) is 0.500. The molecule has 0 bridgehead atoms. The fourth-order valence-electron chi connectivity index (χ4n) is 2.09. The molecule has 3 heteroatoms. The maximum atomic E-state index is 8.36. The van der Waals surface area contributed by atoms with Crippen LogP contribution in [0.5, 0.6) is 0 Å². The van der Waals surface area contributed by atoms with Crippen LogP contribution in [0.1, 0.15) is 31.7 Å². The highest BCUT2D eigenvalue weighted by molar-refractivity contribution is 5.32. The number of benzene rings is 1. The molecule has 0 saturated heterocycles. The van der Waals surface area contributed by atoms with Gasteiger partial charge in [-0.15, -0.1) is 0 Å². The molecule has 94 valence electrons. The van der Waals surface area contributed by atoms with Gasteiger partial charge >= 0.3 is 0 Å². The monoisotopic (exact) mass is 235 g/mol. The molecule has 1 aliphatic carbocycles. The van der Waals surface area contributed by atoms with E-state index in [0.29, 0.717) is 0 Å². The number of carbonyl (C=O) groups is 1. The molecule has 17 heavy (non-hydrogen) atoms. The van der Waals surface area contributed by atoms with Crippen molar-refractivity contribution in [2.75, 3.05) is 0 Å². The van der Waals surface area contributed by atoms with Crippen molar-refractivity contribution in [1.29, 1.82) is 0 Å². The number of hydrogen-bond acceptors (Lipinski definition) is 2. The molecule has 1 aliphatic rings. The van der Waals surface area contributed by atoms with E-state index in [9.17, 15) is 0 Å². The smallest absolute Gasteiger partial charge is 0.290 e. The summed E-state index contributed by atoms with van der Waals surface area (Å²) >= 11 is 0. The summed E-state index contributed by atoms with van der Waals surface area (Å²) in [5, 5.41) is 10.5. The van der Waals surface area contributed by atoms with Gasteiger partial charge in [0.05, 0.1) is 0 Å². The molecule has 1 aromatic rings. The van der Waals surface area contributed by atoms with Crippen molar-refractivity contribution >= 4 is 6.47 Å². The second-order valence-electron chi connectivity index (χ2n) is 4.41. The standard InChI is InChI=1S/C13H19N.CH2O2/c1-2-11-8-13(9-11)14-10-12-6-4-3-5-7-12;2-1-3/h3-7,11,13-14H,2,8-10H2,1H3;1H,(H,2,3). The van der Waals surface area contributed by atoms with Gasteiger partial charge < -0.3 is 10.4 Å². The zero-order valence-electron chi connectivity index (χ0n) is 10.3. The topological polar surface area (TPSA) is 49.3 Å². The SMILES string of the molecule is CCC1CC(NCc2ccccc2)C1.O=CO. The van der Waals surface area contributed by atoms with Crippen LogP contribution >= 0.6 is 0 Å². The predicted molar refractivity (Wildman–Crippen MR) is 68.8 cm³/mol. The molecule has 0 atom stereocenters. The highest BCUT2D eigenvalue weighted by Crippen LogP contribution is 2.29. The van der Waals surface area contributed by atoms with Crippen LogP contribution in [0.3, 0.4) is 0 Å².